The molecule has 3 amide bonds. The molecule has 9 nitrogen and oxygen atoms in total. The first-order valence-corrected chi connectivity index (χ1v) is 17.2. The van der Waals surface area contributed by atoms with Gasteiger partial charge in [0.15, 0.2) is 0 Å². The van der Waals surface area contributed by atoms with Crippen molar-refractivity contribution in [1.82, 2.24) is 15.2 Å². The molecule has 0 spiro atoms. The van der Waals surface area contributed by atoms with Crippen LogP contribution in [-0.4, -0.2) is 52.5 Å². The van der Waals surface area contributed by atoms with Crippen LogP contribution in [0.3, 0.4) is 0 Å². The minimum absolute atomic E-state index is 0.0566. The molecule has 50 heavy (non-hydrogen) atoms. The van der Waals surface area contributed by atoms with Crippen LogP contribution in [0, 0.1) is 12.3 Å². The molecular formula is C39H38Cl2N4O5. The largest absolute Gasteiger partial charge is 0.489 e. The van der Waals surface area contributed by atoms with E-state index in [0.29, 0.717) is 40.9 Å². The third-order valence-corrected chi connectivity index (χ3v) is 9.60. The van der Waals surface area contributed by atoms with E-state index in [1.165, 1.54) is 0 Å². The van der Waals surface area contributed by atoms with Gasteiger partial charge >= 0.3 is 12.0 Å². The van der Waals surface area contributed by atoms with Crippen molar-refractivity contribution in [3.8, 4) is 5.75 Å². The summed E-state index contributed by atoms with van der Waals surface area (Å²) >= 11 is 12.6. The highest BCUT2D eigenvalue weighted by Crippen LogP contribution is 2.38. The van der Waals surface area contributed by atoms with Crippen molar-refractivity contribution >= 4 is 57.7 Å². The monoisotopic (exact) mass is 712 g/mol. The average Bonchev–Trinajstić information content (AvgIpc) is 3.49. The van der Waals surface area contributed by atoms with Gasteiger partial charge in [-0.25, -0.2) is 4.79 Å². The number of carboxylic acid groups (broad SMARTS) is 1. The Kier molecular flexibility index (Phi) is 10.6. The van der Waals surface area contributed by atoms with E-state index >= 15 is 0 Å². The van der Waals surface area contributed by atoms with Crippen molar-refractivity contribution in [3.63, 3.8) is 0 Å². The SMILES string of the molecule is Cc1ccc(N2CC(CC(=O)O)(CC(=O)NCCc3c[nH]c4ccc(OCc5ccccc5)cc34)CN(Cc3ccc(Cl)cc3Cl)C2=O)cc1. The Labute approximate surface area is 300 Å². The Bertz CT molecular complexity index is 2000. The van der Waals surface area contributed by atoms with Crippen LogP contribution in [0.4, 0.5) is 10.5 Å². The van der Waals surface area contributed by atoms with E-state index in [1.807, 2.05) is 85.9 Å². The van der Waals surface area contributed by atoms with Crippen molar-refractivity contribution in [2.24, 2.45) is 5.41 Å². The smallest absolute Gasteiger partial charge is 0.324 e. The second kappa shape index (κ2) is 15.3. The van der Waals surface area contributed by atoms with E-state index in [4.69, 9.17) is 27.9 Å². The lowest BCUT2D eigenvalue weighted by Gasteiger charge is -2.47. The molecule has 258 valence electrons. The highest BCUT2D eigenvalue weighted by atomic mass is 35.5. The number of carbonyl (C=O) groups is 3. The Morgan fingerprint density at radius 3 is 2.46 bits per heavy atom. The van der Waals surface area contributed by atoms with Crippen LogP contribution in [0.5, 0.6) is 5.75 Å². The number of hydrogen-bond acceptors (Lipinski definition) is 4. The molecule has 1 aromatic heterocycles. The van der Waals surface area contributed by atoms with Crippen molar-refractivity contribution in [2.75, 3.05) is 24.5 Å². The zero-order chi connectivity index (χ0) is 35.3. The predicted molar refractivity (Wildman–Crippen MR) is 196 cm³/mol. The molecule has 6 rings (SSSR count). The van der Waals surface area contributed by atoms with Gasteiger partial charge in [-0.3, -0.25) is 14.5 Å². The second-order valence-corrected chi connectivity index (χ2v) is 13.8. The van der Waals surface area contributed by atoms with Crippen LogP contribution < -0.4 is 15.0 Å². The summed E-state index contributed by atoms with van der Waals surface area (Å²) in [5, 5.41) is 15.0. The molecule has 11 heteroatoms. The fourth-order valence-electron chi connectivity index (χ4n) is 6.54. The summed E-state index contributed by atoms with van der Waals surface area (Å²) in [7, 11) is 0. The van der Waals surface area contributed by atoms with E-state index in [1.54, 1.807) is 28.0 Å². The van der Waals surface area contributed by atoms with Gasteiger partial charge in [-0.05, 0) is 72.5 Å². The quantitative estimate of drug-likeness (QED) is 0.114. The molecule has 0 radical (unpaired) electrons. The number of H-pyrrole nitrogens is 1. The number of aryl methyl sites for hydroxylation is 1. The molecule has 2 heterocycles. The molecule has 3 N–H and O–H groups in total. The number of halogens is 2. The molecule has 1 atom stereocenters. The normalized spacial score (nSPS) is 16.1. The molecule has 1 aliphatic rings. The number of nitrogens with zero attached hydrogens (tertiary/aromatic N) is 2. The molecule has 0 saturated carbocycles. The molecule has 1 aliphatic heterocycles. The summed E-state index contributed by atoms with van der Waals surface area (Å²) in [6.07, 6.45) is 2.07. The predicted octanol–water partition coefficient (Wildman–Crippen LogP) is 8.01. The third-order valence-electron chi connectivity index (χ3n) is 9.01. The standard InChI is InChI=1S/C39H38Cl2N4O5/c1-26-7-11-31(12-8-26)45-25-39(20-37(47)48,24-44(38(45)49)22-29-9-10-30(40)17-34(29)41)19-36(46)42-16-15-28-21-43-35-14-13-32(18-33(28)35)50-23-27-5-3-2-4-6-27/h2-14,17-18,21,43H,15-16,19-20,22-25H2,1H3,(H,42,46)(H,47,48). The number of aromatic amines is 1. The van der Waals surface area contributed by atoms with Crippen LogP contribution in [0.15, 0.2) is 97.2 Å². The number of aromatic nitrogens is 1. The van der Waals surface area contributed by atoms with Gasteiger partial charge in [0.2, 0.25) is 5.91 Å². The molecule has 1 saturated heterocycles. The highest BCUT2D eigenvalue weighted by molar-refractivity contribution is 6.35. The molecule has 1 fully saturated rings. The summed E-state index contributed by atoms with van der Waals surface area (Å²) in [6.45, 7) is 2.99. The maximum absolute atomic E-state index is 13.9. The fourth-order valence-corrected chi connectivity index (χ4v) is 7.01. The average molecular weight is 714 g/mol. The number of benzene rings is 4. The molecule has 5 aromatic rings. The summed E-state index contributed by atoms with van der Waals surface area (Å²) < 4.78 is 6.03. The number of amides is 3. The molecule has 0 aliphatic carbocycles. The van der Waals surface area contributed by atoms with Crippen LogP contribution in [0.2, 0.25) is 10.0 Å². The number of carboxylic acids is 1. The molecule has 0 bridgehead atoms. The number of nitrogens with one attached hydrogen (secondary N) is 2. The number of hydrogen-bond donors (Lipinski definition) is 3. The lowest BCUT2D eigenvalue weighted by molar-refractivity contribution is -0.140. The maximum Gasteiger partial charge on any atom is 0.324 e. The summed E-state index contributed by atoms with van der Waals surface area (Å²) in [5.74, 6) is -0.596. The number of ether oxygens (including phenoxy) is 1. The van der Waals surface area contributed by atoms with Gasteiger partial charge in [-0.2, -0.15) is 0 Å². The first kappa shape index (κ1) is 34.9. The van der Waals surface area contributed by atoms with Gasteiger partial charge in [0.1, 0.15) is 12.4 Å². The van der Waals surface area contributed by atoms with Gasteiger partial charge in [-0.15, -0.1) is 0 Å². The Morgan fingerprint density at radius 2 is 1.72 bits per heavy atom. The van der Waals surface area contributed by atoms with E-state index in [9.17, 15) is 19.5 Å². The van der Waals surface area contributed by atoms with Crippen molar-refractivity contribution in [1.29, 1.82) is 0 Å². The van der Waals surface area contributed by atoms with Gasteiger partial charge < -0.3 is 25.0 Å². The summed E-state index contributed by atoms with van der Waals surface area (Å²) in [4.78, 5) is 46.3. The van der Waals surface area contributed by atoms with Gasteiger partial charge in [0.05, 0.1) is 6.42 Å². The van der Waals surface area contributed by atoms with Crippen LogP contribution in [-0.2, 0) is 29.2 Å². The number of anilines is 1. The van der Waals surface area contributed by atoms with Crippen LogP contribution >= 0.6 is 23.2 Å². The number of fused-ring (bicyclic) bond motifs is 1. The fraction of sp³-hybridized carbons (Fsp3) is 0.256. The Balaban J connectivity index is 1.17. The molecule has 4 aromatic carbocycles. The zero-order valence-electron chi connectivity index (χ0n) is 27.6. The van der Waals surface area contributed by atoms with Crippen LogP contribution in [0.1, 0.15) is 35.1 Å². The number of aliphatic carboxylic acids is 1. The Morgan fingerprint density at radius 1 is 0.940 bits per heavy atom. The topological polar surface area (TPSA) is 115 Å². The van der Waals surface area contributed by atoms with E-state index in [2.05, 4.69) is 10.3 Å². The van der Waals surface area contributed by atoms with Crippen molar-refractivity contribution in [3.05, 3.63) is 129 Å². The second-order valence-electron chi connectivity index (χ2n) is 12.9. The van der Waals surface area contributed by atoms with Gasteiger partial charge in [0.25, 0.3) is 0 Å². The van der Waals surface area contributed by atoms with E-state index in [-0.39, 0.29) is 44.4 Å². The first-order chi connectivity index (χ1) is 24.1. The number of urea groups is 1. The molecular weight excluding hydrogens is 675 g/mol. The van der Waals surface area contributed by atoms with Crippen molar-refractivity contribution in [2.45, 2.75) is 39.3 Å². The Hall–Kier alpha value is -4.99. The van der Waals surface area contributed by atoms with Crippen LogP contribution in [0.25, 0.3) is 10.9 Å². The zero-order valence-corrected chi connectivity index (χ0v) is 29.1. The third kappa shape index (κ3) is 8.41. The maximum atomic E-state index is 13.9. The van der Waals surface area contributed by atoms with Crippen molar-refractivity contribution < 1.29 is 24.2 Å². The van der Waals surface area contributed by atoms with Gasteiger partial charge in [-0.1, -0.05) is 77.3 Å². The lowest BCUT2D eigenvalue weighted by Crippen LogP contribution is -2.60. The summed E-state index contributed by atoms with van der Waals surface area (Å²) in [6, 6.07) is 28.0. The van der Waals surface area contributed by atoms with E-state index in [0.717, 1.165) is 33.3 Å². The highest BCUT2D eigenvalue weighted by Gasteiger charge is 2.46. The minimum atomic E-state index is -1.08. The summed E-state index contributed by atoms with van der Waals surface area (Å²) in [5.41, 5.74) is 4.27. The molecule has 1 unspecified atom stereocenters. The van der Waals surface area contributed by atoms with E-state index < -0.39 is 11.4 Å². The number of carbonyl (C=O) groups excluding carboxylic acids is 2. The number of rotatable bonds is 13. The lowest BCUT2D eigenvalue weighted by atomic mass is 9.78. The first-order valence-electron chi connectivity index (χ1n) is 16.4. The van der Waals surface area contributed by atoms with Gasteiger partial charge in [0, 0.05) is 70.8 Å². The minimum Gasteiger partial charge on any atom is -0.489 e.